The van der Waals surface area contributed by atoms with Gasteiger partial charge in [-0.3, -0.25) is 0 Å². The maximum absolute atomic E-state index is 9.21. The van der Waals surface area contributed by atoms with Gasteiger partial charge < -0.3 is 15.6 Å². The summed E-state index contributed by atoms with van der Waals surface area (Å²) >= 11 is 0. The monoisotopic (exact) mass is 251 g/mol. The summed E-state index contributed by atoms with van der Waals surface area (Å²) < 4.78 is 5.62. The highest BCUT2D eigenvalue weighted by atomic mass is 16.5. The number of rotatable bonds is 6. The first-order valence-electron chi connectivity index (χ1n) is 6.54. The van der Waals surface area contributed by atoms with Gasteiger partial charge in [-0.05, 0) is 44.9 Å². The van der Waals surface area contributed by atoms with E-state index in [1.54, 1.807) is 0 Å². The summed E-state index contributed by atoms with van der Waals surface area (Å²) in [7, 11) is 0. The van der Waals surface area contributed by atoms with Crippen LogP contribution in [0.3, 0.4) is 0 Å². The first-order valence-corrected chi connectivity index (χ1v) is 6.54. The lowest BCUT2D eigenvalue weighted by Gasteiger charge is -2.33. The molecule has 0 fully saturated rings. The molecule has 1 aromatic rings. The molecule has 1 aromatic carbocycles. The Labute approximate surface area is 110 Å². The maximum Gasteiger partial charge on any atom is 0.119 e. The molecule has 0 saturated heterocycles. The number of benzene rings is 1. The summed E-state index contributed by atoms with van der Waals surface area (Å²) in [6, 6.07) is 8.00. The quantitative estimate of drug-likeness (QED) is 0.816. The SMILES string of the molecule is CC(C)Oc1ccc(C(C)(CCO)C(C)N)cc1. The molecule has 0 aliphatic rings. The van der Waals surface area contributed by atoms with Gasteiger partial charge in [-0.25, -0.2) is 0 Å². The van der Waals surface area contributed by atoms with Crippen LogP contribution < -0.4 is 10.5 Å². The second-order valence-electron chi connectivity index (χ2n) is 5.37. The third kappa shape index (κ3) is 3.47. The molecular formula is C15H25NO2. The van der Waals surface area contributed by atoms with Gasteiger partial charge >= 0.3 is 0 Å². The van der Waals surface area contributed by atoms with Crippen molar-refractivity contribution >= 4 is 0 Å². The molecule has 3 N–H and O–H groups in total. The van der Waals surface area contributed by atoms with Gasteiger partial charge in [0.25, 0.3) is 0 Å². The Morgan fingerprint density at radius 1 is 1.22 bits per heavy atom. The summed E-state index contributed by atoms with van der Waals surface area (Å²) in [4.78, 5) is 0. The zero-order valence-electron chi connectivity index (χ0n) is 11.8. The molecule has 0 aliphatic heterocycles. The lowest BCUT2D eigenvalue weighted by molar-refractivity contribution is 0.228. The third-order valence-corrected chi connectivity index (χ3v) is 3.52. The van der Waals surface area contributed by atoms with E-state index in [-0.39, 0.29) is 24.2 Å². The highest BCUT2D eigenvalue weighted by Crippen LogP contribution is 2.31. The normalized spacial score (nSPS) is 16.4. The standard InChI is InChI=1S/C15H25NO2/c1-11(2)18-14-7-5-13(6-8-14)15(4,9-10-17)12(3)16/h5-8,11-12,17H,9-10,16H2,1-4H3. The topological polar surface area (TPSA) is 55.5 Å². The zero-order chi connectivity index (χ0) is 13.8. The number of nitrogens with two attached hydrogens (primary N) is 1. The molecular weight excluding hydrogens is 226 g/mol. The molecule has 18 heavy (non-hydrogen) atoms. The van der Waals surface area contributed by atoms with Crippen LogP contribution in [0.2, 0.25) is 0 Å². The summed E-state index contributed by atoms with van der Waals surface area (Å²) in [6.45, 7) is 8.22. The first kappa shape index (κ1) is 15.0. The Balaban J connectivity index is 2.94. The van der Waals surface area contributed by atoms with Crippen LogP contribution in [0.1, 0.15) is 39.7 Å². The van der Waals surface area contributed by atoms with E-state index in [9.17, 15) is 5.11 Å². The van der Waals surface area contributed by atoms with Crippen LogP contribution in [0.15, 0.2) is 24.3 Å². The van der Waals surface area contributed by atoms with Crippen LogP contribution in [-0.2, 0) is 5.41 Å². The molecule has 102 valence electrons. The van der Waals surface area contributed by atoms with Crippen LogP contribution in [0.25, 0.3) is 0 Å². The molecule has 0 saturated carbocycles. The molecule has 0 radical (unpaired) electrons. The third-order valence-electron chi connectivity index (χ3n) is 3.52. The van der Waals surface area contributed by atoms with Gasteiger partial charge in [0.2, 0.25) is 0 Å². The molecule has 0 amide bonds. The minimum atomic E-state index is -0.203. The average Bonchev–Trinajstić information content (AvgIpc) is 2.29. The van der Waals surface area contributed by atoms with Gasteiger partial charge in [0, 0.05) is 18.1 Å². The Hall–Kier alpha value is -1.06. The van der Waals surface area contributed by atoms with E-state index in [0.29, 0.717) is 6.42 Å². The highest BCUT2D eigenvalue weighted by Gasteiger charge is 2.30. The number of ether oxygens (including phenoxy) is 1. The summed E-state index contributed by atoms with van der Waals surface area (Å²) in [5, 5.41) is 9.21. The lowest BCUT2D eigenvalue weighted by Crippen LogP contribution is -2.41. The molecule has 2 atom stereocenters. The smallest absolute Gasteiger partial charge is 0.119 e. The lowest BCUT2D eigenvalue weighted by atomic mass is 9.74. The van der Waals surface area contributed by atoms with E-state index in [1.165, 1.54) is 0 Å². The van der Waals surface area contributed by atoms with Crippen molar-refractivity contribution in [3.8, 4) is 5.75 Å². The predicted molar refractivity (Wildman–Crippen MR) is 74.9 cm³/mol. The Bertz CT molecular complexity index is 359. The van der Waals surface area contributed by atoms with Gasteiger partial charge in [0.1, 0.15) is 5.75 Å². The van der Waals surface area contributed by atoms with E-state index in [2.05, 4.69) is 6.92 Å². The fraction of sp³-hybridized carbons (Fsp3) is 0.600. The molecule has 0 aromatic heterocycles. The molecule has 3 nitrogen and oxygen atoms in total. The second-order valence-corrected chi connectivity index (χ2v) is 5.37. The maximum atomic E-state index is 9.21. The van der Waals surface area contributed by atoms with E-state index >= 15 is 0 Å². The van der Waals surface area contributed by atoms with Crippen molar-refractivity contribution in [2.45, 2.75) is 51.7 Å². The summed E-state index contributed by atoms with van der Waals surface area (Å²) in [6.07, 6.45) is 0.836. The molecule has 1 rings (SSSR count). The van der Waals surface area contributed by atoms with Crippen LogP contribution in [0.5, 0.6) is 5.75 Å². The van der Waals surface area contributed by atoms with Crippen molar-refractivity contribution < 1.29 is 9.84 Å². The van der Waals surface area contributed by atoms with Gasteiger partial charge in [0.05, 0.1) is 6.10 Å². The van der Waals surface area contributed by atoms with Gasteiger partial charge in [0.15, 0.2) is 0 Å². The second kappa shape index (κ2) is 6.21. The number of hydrogen-bond acceptors (Lipinski definition) is 3. The van der Waals surface area contributed by atoms with Crippen molar-refractivity contribution in [2.24, 2.45) is 5.73 Å². The van der Waals surface area contributed by atoms with Crippen molar-refractivity contribution in [3.05, 3.63) is 29.8 Å². The molecule has 0 spiro atoms. The van der Waals surface area contributed by atoms with Crippen LogP contribution in [-0.4, -0.2) is 23.9 Å². The van der Waals surface area contributed by atoms with E-state index < -0.39 is 0 Å². The number of hydrogen-bond donors (Lipinski definition) is 2. The summed E-state index contributed by atoms with van der Waals surface area (Å²) in [5.41, 5.74) is 7.00. The predicted octanol–water partition coefficient (Wildman–Crippen LogP) is 2.46. The van der Waals surface area contributed by atoms with Crippen molar-refractivity contribution in [2.75, 3.05) is 6.61 Å². The zero-order valence-corrected chi connectivity index (χ0v) is 11.8. The average molecular weight is 251 g/mol. The van der Waals surface area contributed by atoms with E-state index in [4.69, 9.17) is 10.5 Å². The van der Waals surface area contributed by atoms with Crippen LogP contribution in [0.4, 0.5) is 0 Å². The Morgan fingerprint density at radius 3 is 2.17 bits per heavy atom. The number of aliphatic hydroxyl groups is 1. The Morgan fingerprint density at radius 2 is 1.78 bits per heavy atom. The fourth-order valence-electron chi connectivity index (χ4n) is 2.05. The highest BCUT2D eigenvalue weighted by molar-refractivity contribution is 5.33. The fourth-order valence-corrected chi connectivity index (χ4v) is 2.05. The van der Waals surface area contributed by atoms with Gasteiger partial charge in [-0.1, -0.05) is 19.1 Å². The minimum absolute atomic E-state index is 0.0125. The molecule has 0 bridgehead atoms. The van der Waals surface area contributed by atoms with E-state index in [1.807, 2.05) is 45.0 Å². The van der Waals surface area contributed by atoms with Gasteiger partial charge in [-0.15, -0.1) is 0 Å². The molecule has 2 unspecified atom stereocenters. The minimum Gasteiger partial charge on any atom is -0.491 e. The van der Waals surface area contributed by atoms with Crippen molar-refractivity contribution in [3.63, 3.8) is 0 Å². The molecule has 3 heteroatoms. The molecule has 0 aliphatic carbocycles. The van der Waals surface area contributed by atoms with Crippen LogP contribution in [0, 0.1) is 0 Å². The van der Waals surface area contributed by atoms with Crippen LogP contribution >= 0.6 is 0 Å². The molecule has 0 heterocycles. The first-order chi connectivity index (χ1) is 8.40. The Kier molecular flexibility index (Phi) is 5.17. The van der Waals surface area contributed by atoms with Crippen molar-refractivity contribution in [1.82, 2.24) is 0 Å². The van der Waals surface area contributed by atoms with E-state index in [0.717, 1.165) is 11.3 Å². The van der Waals surface area contributed by atoms with Gasteiger partial charge in [-0.2, -0.15) is 0 Å². The summed E-state index contributed by atoms with van der Waals surface area (Å²) in [5.74, 6) is 0.866. The van der Waals surface area contributed by atoms with Crippen molar-refractivity contribution in [1.29, 1.82) is 0 Å². The number of aliphatic hydroxyl groups excluding tert-OH is 1. The largest absolute Gasteiger partial charge is 0.491 e.